The molecule has 1 aromatic heterocycles. The lowest BCUT2D eigenvalue weighted by Gasteiger charge is -2.17. The van der Waals surface area contributed by atoms with Crippen LogP contribution in [0.1, 0.15) is 11.6 Å². The number of rotatable bonds is 5. The van der Waals surface area contributed by atoms with Crippen molar-refractivity contribution < 1.29 is 14.3 Å². The van der Waals surface area contributed by atoms with E-state index in [1.54, 1.807) is 24.3 Å². The molecule has 3 rings (SSSR count). The van der Waals surface area contributed by atoms with Gasteiger partial charge in [-0.25, -0.2) is 9.18 Å². The van der Waals surface area contributed by atoms with Crippen LogP contribution in [-0.4, -0.2) is 22.3 Å². The number of benzene rings is 2. The molecule has 0 bridgehead atoms. The Morgan fingerprint density at radius 3 is 2.48 bits per heavy atom. The van der Waals surface area contributed by atoms with Gasteiger partial charge in [-0.15, -0.1) is 0 Å². The van der Waals surface area contributed by atoms with Crippen LogP contribution in [0.3, 0.4) is 0 Å². The summed E-state index contributed by atoms with van der Waals surface area (Å²) < 4.78 is 15.8. The van der Waals surface area contributed by atoms with Gasteiger partial charge >= 0.3 is 6.03 Å². The van der Waals surface area contributed by atoms with Crippen LogP contribution in [0.15, 0.2) is 73.1 Å². The van der Waals surface area contributed by atoms with Crippen molar-refractivity contribution in [3.8, 4) is 5.69 Å². The predicted molar refractivity (Wildman–Crippen MR) is 94.2 cm³/mol. The molecule has 0 aliphatic rings. The Morgan fingerprint density at radius 1 is 1.08 bits per heavy atom. The van der Waals surface area contributed by atoms with Crippen molar-refractivity contribution in [2.45, 2.75) is 6.04 Å². The number of halogens is 1. The van der Waals surface area contributed by atoms with E-state index in [2.05, 4.69) is 10.6 Å². The van der Waals surface area contributed by atoms with Crippen molar-refractivity contribution in [2.24, 2.45) is 0 Å². The highest BCUT2D eigenvalue weighted by Gasteiger charge is 2.15. The highest BCUT2D eigenvalue weighted by Crippen LogP contribution is 2.20. The molecule has 0 saturated carbocycles. The summed E-state index contributed by atoms with van der Waals surface area (Å²) in [6, 6.07) is 16.1. The van der Waals surface area contributed by atoms with Crippen LogP contribution in [0, 0.1) is 5.82 Å². The van der Waals surface area contributed by atoms with Gasteiger partial charge in [0, 0.05) is 18.1 Å². The zero-order valence-electron chi connectivity index (χ0n) is 13.4. The van der Waals surface area contributed by atoms with Gasteiger partial charge in [-0.2, -0.15) is 0 Å². The third-order valence-corrected chi connectivity index (χ3v) is 3.79. The van der Waals surface area contributed by atoms with Crippen molar-refractivity contribution in [1.82, 2.24) is 9.88 Å². The van der Waals surface area contributed by atoms with E-state index in [0.717, 1.165) is 11.3 Å². The van der Waals surface area contributed by atoms with Gasteiger partial charge in [0.25, 0.3) is 0 Å². The molecule has 3 aromatic rings. The molecule has 0 saturated heterocycles. The number of aliphatic hydroxyl groups is 1. The first kappa shape index (κ1) is 16.7. The zero-order valence-corrected chi connectivity index (χ0v) is 13.4. The summed E-state index contributed by atoms with van der Waals surface area (Å²) in [5.74, 6) is -0.536. The van der Waals surface area contributed by atoms with Crippen LogP contribution in [0.4, 0.5) is 14.9 Å². The fourth-order valence-electron chi connectivity index (χ4n) is 2.51. The molecule has 0 aliphatic carbocycles. The molecule has 2 aromatic carbocycles. The Labute approximate surface area is 144 Å². The van der Waals surface area contributed by atoms with E-state index in [1.807, 2.05) is 47.3 Å². The van der Waals surface area contributed by atoms with E-state index < -0.39 is 17.9 Å². The average Bonchev–Trinajstić information content (AvgIpc) is 3.17. The number of aromatic nitrogens is 1. The molecule has 0 radical (unpaired) electrons. The van der Waals surface area contributed by atoms with Crippen LogP contribution in [0.2, 0.25) is 0 Å². The Bertz CT molecular complexity index is 835. The predicted octanol–water partition coefficient (Wildman–Crippen LogP) is 3.47. The number of hydrogen-bond acceptors (Lipinski definition) is 2. The number of carbonyl (C=O) groups excluding carboxylic acids is 1. The summed E-state index contributed by atoms with van der Waals surface area (Å²) in [5.41, 5.74) is 1.55. The highest BCUT2D eigenvalue weighted by molar-refractivity contribution is 5.90. The second-order valence-corrected chi connectivity index (χ2v) is 5.50. The molecule has 0 fully saturated rings. The maximum absolute atomic E-state index is 14.0. The van der Waals surface area contributed by atoms with Crippen LogP contribution < -0.4 is 10.6 Å². The van der Waals surface area contributed by atoms with Gasteiger partial charge < -0.3 is 20.3 Å². The molecule has 128 valence electrons. The van der Waals surface area contributed by atoms with Crippen molar-refractivity contribution >= 4 is 11.7 Å². The van der Waals surface area contributed by atoms with E-state index >= 15 is 0 Å². The number of hydrogen-bond donors (Lipinski definition) is 3. The topological polar surface area (TPSA) is 66.3 Å². The lowest BCUT2D eigenvalue weighted by molar-refractivity contribution is 0.225. The van der Waals surface area contributed by atoms with Crippen molar-refractivity contribution in [2.75, 3.05) is 11.9 Å². The molecule has 1 atom stereocenters. The molecule has 0 aliphatic heterocycles. The van der Waals surface area contributed by atoms with Crippen molar-refractivity contribution in [1.29, 1.82) is 0 Å². The third kappa shape index (κ3) is 4.05. The van der Waals surface area contributed by atoms with Gasteiger partial charge in [0.2, 0.25) is 0 Å². The SMILES string of the molecule is O=C(Nc1cc(-n2cccc2)ccc1F)NC(CO)c1ccccc1. The smallest absolute Gasteiger partial charge is 0.319 e. The fourth-order valence-corrected chi connectivity index (χ4v) is 2.51. The Kier molecular flexibility index (Phi) is 5.11. The van der Waals surface area contributed by atoms with Crippen LogP contribution in [-0.2, 0) is 0 Å². The van der Waals surface area contributed by atoms with E-state index in [9.17, 15) is 14.3 Å². The minimum atomic E-state index is -0.591. The molecule has 6 heteroatoms. The second-order valence-electron chi connectivity index (χ2n) is 5.50. The second kappa shape index (κ2) is 7.63. The van der Waals surface area contributed by atoms with Crippen molar-refractivity contribution in [3.63, 3.8) is 0 Å². The van der Waals surface area contributed by atoms with Crippen LogP contribution in [0.5, 0.6) is 0 Å². The van der Waals surface area contributed by atoms with Gasteiger partial charge in [-0.3, -0.25) is 0 Å². The number of aliphatic hydroxyl groups excluding tert-OH is 1. The van der Waals surface area contributed by atoms with Gasteiger partial charge in [-0.05, 0) is 35.9 Å². The quantitative estimate of drug-likeness (QED) is 0.666. The summed E-state index contributed by atoms with van der Waals surface area (Å²) in [6.45, 7) is -0.261. The summed E-state index contributed by atoms with van der Waals surface area (Å²) in [4.78, 5) is 12.2. The molecule has 3 N–H and O–H groups in total. The highest BCUT2D eigenvalue weighted by atomic mass is 19.1. The summed E-state index contributed by atoms with van der Waals surface area (Å²) >= 11 is 0. The van der Waals surface area contributed by atoms with E-state index in [0.29, 0.717) is 0 Å². The standard InChI is InChI=1S/C19H18FN3O2/c20-16-9-8-15(23-10-4-5-11-23)12-17(16)21-19(25)22-18(13-24)14-6-2-1-3-7-14/h1-12,18,24H,13H2,(H2,21,22,25). The largest absolute Gasteiger partial charge is 0.394 e. The van der Waals surface area contributed by atoms with E-state index in [-0.39, 0.29) is 12.3 Å². The number of nitrogens with one attached hydrogen (secondary N) is 2. The monoisotopic (exact) mass is 339 g/mol. The number of anilines is 1. The molecular weight excluding hydrogens is 321 g/mol. The molecule has 2 amide bonds. The lowest BCUT2D eigenvalue weighted by Crippen LogP contribution is -2.34. The van der Waals surface area contributed by atoms with Gasteiger partial charge in [0.05, 0.1) is 18.3 Å². The van der Waals surface area contributed by atoms with Gasteiger partial charge in [-0.1, -0.05) is 30.3 Å². The lowest BCUT2D eigenvalue weighted by atomic mass is 10.1. The Morgan fingerprint density at radius 2 is 1.80 bits per heavy atom. The van der Waals surface area contributed by atoms with Crippen LogP contribution >= 0.6 is 0 Å². The van der Waals surface area contributed by atoms with Crippen LogP contribution in [0.25, 0.3) is 5.69 Å². The maximum atomic E-state index is 14.0. The van der Waals surface area contributed by atoms with E-state index in [1.165, 1.54) is 6.07 Å². The number of nitrogens with zero attached hydrogens (tertiary/aromatic N) is 1. The molecule has 25 heavy (non-hydrogen) atoms. The number of amides is 2. The maximum Gasteiger partial charge on any atom is 0.319 e. The van der Waals surface area contributed by atoms with Crippen molar-refractivity contribution in [3.05, 3.63) is 84.4 Å². The Balaban J connectivity index is 1.73. The first-order valence-electron chi connectivity index (χ1n) is 7.83. The molecule has 1 heterocycles. The van der Waals surface area contributed by atoms with Gasteiger partial charge in [0.15, 0.2) is 0 Å². The minimum Gasteiger partial charge on any atom is -0.394 e. The summed E-state index contributed by atoms with van der Waals surface area (Å²) in [6.07, 6.45) is 3.66. The van der Waals surface area contributed by atoms with E-state index in [4.69, 9.17) is 0 Å². The number of urea groups is 1. The molecular formula is C19H18FN3O2. The molecule has 5 nitrogen and oxygen atoms in total. The first-order valence-corrected chi connectivity index (χ1v) is 7.83. The zero-order chi connectivity index (χ0) is 17.6. The summed E-state index contributed by atoms with van der Waals surface area (Å²) in [5, 5.41) is 14.6. The first-order chi connectivity index (χ1) is 12.2. The Hall–Kier alpha value is -3.12. The number of carbonyl (C=O) groups is 1. The average molecular weight is 339 g/mol. The minimum absolute atomic E-state index is 0.0634. The summed E-state index contributed by atoms with van der Waals surface area (Å²) in [7, 11) is 0. The fraction of sp³-hybridized carbons (Fsp3) is 0.105. The molecule has 0 spiro atoms. The molecule has 1 unspecified atom stereocenters. The normalized spacial score (nSPS) is 11.8. The third-order valence-electron chi connectivity index (χ3n) is 3.79. The van der Waals surface area contributed by atoms with Gasteiger partial charge in [0.1, 0.15) is 5.82 Å².